The first-order valence-electron chi connectivity index (χ1n) is 5.78. The van der Waals surface area contributed by atoms with Gasteiger partial charge in [-0.25, -0.2) is 13.2 Å². The quantitative estimate of drug-likeness (QED) is 0.844. The summed E-state index contributed by atoms with van der Waals surface area (Å²) in [4.78, 5) is 10.8. The number of carboxylic acid groups (broad SMARTS) is 1. The fourth-order valence-corrected chi connectivity index (χ4v) is 3.65. The number of hydrogen-bond acceptors (Lipinski definition) is 4. The minimum absolute atomic E-state index is 0.0205. The maximum atomic E-state index is 12.3. The van der Waals surface area contributed by atoms with Gasteiger partial charge in [0.05, 0.1) is 16.1 Å². The van der Waals surface area contributed by atoms with Crippen molar-refractivity contribution in [3.8, 4) is 0 Å². The van der Waals surface area contributed by atoms with Crippen molar-refractivity contribution in [1.29, 1.82) is 0 Å². The monoisotopic (exact) mass is 285 g/mol. The summed E-state index contributed by atoms with van der Waals surface area (Å²) in [5.41, 5.74) is -1.11. The molecule has 1 saturated heterocycles. The van der Waals surface area contributed by atoms with Crippen LogP contribution in [0, 0.1) is 0 Å². The predicted octanol–water partition coefficient (Wildman–Crippen LogP) is 0.530. The maximum absolute atomic E-state index is 12.3. The molecule has 1 unspecified atom stereocenters. The highest BCUT2D eigenvalue weighted by molar-refractivity contribution is 7.89. The van der Waals surface area contributed by atoms with E-state index in [9.17, 15) is 18.3 Å². The minimum Gasteiger partial charge on any atom is -0.478 e. The fourth-order valence-electron chi connectivity index (χ4n) is 2.05. The van der Waals surface area contributed by atoms with Crippen LogP contribution in [0.3, 0.4) is 0 Å². The van der Waals surface area contributed by atoms with Crippen molar-refractivity contribution in [3.63, 3.8) is 0 Å². The summed E-state index contributed by atoms with van der Waals surface area (Å²) in [5.74, 6) is -1.18. The molecule has 6 nitrogen and oxygen atoms in total. The van der Waals surface area contributed by atoms with Gasteiger partial charge >= 0.3 is 5.97 Å². The molecule has 1 fully saturated rings. The highest BCUT2D eigenvalue weighted by atomic mass is 32.2. The van der Waals surface area contributed by atoms with Crippen molar-refractivity contribution >= 4 is 16.0 Å². The van der Waals surface area contributed by atoms with E-state index in [0.717, 1.165) is 6.07 Å². The van der Waals surface area contributed by atoms with Gasteiger partial charge in [0, 0.05) is 13.1 Å². The van der Waals surface area contributed by atoms with Gasteiger partial charge < -0.3 is 10.2 Å². The second-order valence-electron chi connectivity index (χ2n) is 4.92. The van der Waals surface area contributed by atoms with E-state index in [1.54, 1.807) is 6.92 Å². The zero-order valence-electron chi connectivity index (χ0n) is 10.4. The topological polar surface area (TPSA) is 94.9 Å². The zero-order chi connectivity index (χ0) is 14.3. The Hall–Kier alpha value is -1.44. The number of carboxylic acids is 1. The Morgan fingerprint density at radius 2 is 2.11 bits per heavy atom. The van der Waals surface area contributed by atoms with E-state index >= 15 is 0 Å². The molecule has 104 valence electrons. The number of rotatable bonds is 3. The van der Waals surface area contributed by atoms with Crippen LogP contribution >= 0.6 is 0 Å². The Labute approximate surface area is 111 Å². The van der Waals surface area contributed by atoms with E-state index in [2.05, 4.69) is 0 Å². The molecule has 0 bridgehead atoms. The molecule has 1 aliphatic heterocycles. The predicted molar refractivity (Wildman–Crippen MR) is 67.4 cm³/mol. The number of benzene rings is 1. The van der Waals surface area contributed by atoms with E-state index in [4.69, 9.17) is 5.11 Å². The van der Waals surface area contributed by atoms with Crippen LogP contribution in [-0.4, -0.2) is 47.6 Å². The largest absolute Gasteiger partial charge is 0.478 e. The standard InChI is InChI=1S/C12H15NO5S/c1-12(16)5-6-13(8-12)19(17,18)10-4-2-3-9(7-10)11(14)15/h2-4,7,16H,5-6,8H2,1H3,(H,14,15). The van der Waals surface area contributed by atoms with Crippen molar-refractivity contribution in [3.05, 3.63) is 29.8 Å². The van der Waals surface area contributed by atoms with Crippen molar-refractivity contribution in [2.24, 2.45) is 0 Å². The van der Waals surface area contributed by atoms with Gasteiger partial charge in [-0.3, -0.25) is 0 Å². The Morgan fingerprint density at radius 3 is 2.63 bits per heavy atom. The Bertz CT molecular complexity index is 608. The molecule has 0 aliphatic carbocycles. The van der Waals surface area contributed by atoms with Gasteiger partial charge in [-0.15, -0.1) is 0 Å². The third kappa shape index (κ3) is 2.78. The van der Waals surface area contributed by atoms with Crippen LogP contribution in [0.4, 0.5) is 0 Å². The molecule has 1 aromatic carbocycles. The molecule has 0 aromatic heterocycles. The summed E-state index contributed by atoms with van der Waals surface area (Å²) in [5, 5.41) is 18.7. The molecule has 2 N–H and O–H groups in total. The normalized spacial score (nSPS) is 24.5. The molecule has 2 rings (SSSR count). The van der Waals surface area contributed by atoms with Gasteiger partial charge in [-0.05, 0) is 31.5 Å². The minimum atomic E-state index is -3.76. The van der Waals surface area contributed by atoms with Gasteiger partial charge in [-0.1, -0.05) is 6.07 Å². The first-order chi connectivity index (χ1) is 8.72. The Kier molecular flexibility index (Phi) is 3.38. The maximum Gasteiger partial charge on any atom is 0.335 e. The second-order valence-corrected chi connectivity index (χ2v) is 6.86. The van der Waals surface area contributed by atoms with Crippen LogP contribution < -0.4 is 0 Å². The number of aromatic carboxylic acids is 1. The number of nitrogens with zero attached hydrogens (tertiary/aromatic N) is 1. The third-order valence-electron chi connectivity index (χ3n) is 3.14. The van der Waals surface area contributed by atoms with E-state index in [0.29, 0.717) is 6.42 Å². The first-order valence-corrected chi connectivity index (χ1v) is 7.22. The van der Waals surface area contributed by atoms with Gasteiger partial charge in [0.15, 0.2) is 0 Å². The first kappa shape index (κ1) is 14.0. The molecule has 0 amide bonds. The zero-order valence-corrected chi connectivity index (χ0v) is 11.2. The number of sulfonamides is 1. The smallest absolute Gasteiger partial charge is 0.335 e. The summed E-state index contributed by atoms with van der Waals surface area (Å²) in [6, 6.07) is 5.21. The van der Waals surface area contributed by atoms with Crippen LogP contribution in [0.25, 0.3) is 0 Å². The van der Waals surface area contributed by atoms with Crippen molar-refractivity contribution < 1.29 is 23.4 Å². The summed E-state index contributed by atoms with van der Waals surface area (Å²) in [6.07, 6.45) is 0.366. The molecule has 0 radical (unpaired) electrons. The lowest BCUT2D eigenvalue weighted by molar-refractivity contribution is 0.0695. The fraction of sp³-hybridized carbons (Fsp3) is 0.417. The molecule has 19 heavy (non-hydrogen) atoms. The number of aliphatic hydroxyl groups is 1. The lowest BCUT2D eigenvalue weighted by Gasteiger charge is -2.19. The van der Waals surface area contributed by atoms with Gasteiger partial charge in [0.1, 0.15) is 0 Å². The summed E-state index contributed by atoms with van der Waals surface area (Å²) >= 11 is 0. The molecule has 7 heteroatoms. The Morgan fingerprint density at radius 1 is 1.42 bits per heavy atom. The summed E-state index contributed by atoms with van der Waals surface area (Å²) in [6.45, 7) is 1.83. The highest BCUT2D eigenvalue weighted by Gasteiger charge is 2.38. The SMILES string of the molecule is CC1(O)CCN(S(=O)(=O)c2cccc(C(=O)O)c2)C1. The number of carbonyl (C=O) groups is 1. The molecular formula is C12H15NO5S. The van der Waals surface area contributed by atoms with Crippen molar-refractivity contribution in [2.45, 2.75) is 23.8 Å². The van der Waals surface area contributed by atoms with Crippen molar-refractivity contribution in [1.82, 2.24) is 4.31 Å². The van der Waals surface area contributed by atoms with Crippen LogP contribution in [0.2, 0.25) is 0 Å². The van der Waals surface area contributed by atoms with Crippen LogP contribution in [0.5, 0.6) is 0 Å². The highest BCUT2D eigenvalue weighted by Crippen LogP contribution is 2.27. The molecular weight excluding hydrogens is 270 g/mol. The van der Waals surface area contributed by atoms with E-state index in [1.165, 1.54) is 22.5 Å². The molecule has 1 heterocycles. The second kappa shape index (κ2) is 4.59. The number of β-amino-alcohol motifs (C(OH)–C–C–N with tert-alkyl or cyclic N) is 1. The molecule has 1 aromatic rings. The Balaban J connectivity index is 2.35. The lowest BCUT2D eigenvalue weighted by Crippen LogP contribution is -2.34. The lowest BCUT2D eigenvalue weighted by atomic mass is 10.1. The van der Waals surface area contributed by atoms with Gasteiger partial charge in [-0.2, -0.15) is 4.31 Å². The van der Waals surface area contributed by atoms with Crippen molar-refractivity contribution in [2.75, 3.05) is 13.1 Å². The molecule has 0 saturated carbocycles. The molecule has 1 atom stereocenters. The number of hydrogen-bond donors (Lipinski definition) is 2. The van der Waals surface area contributed by atoms with E-state index < -0.39 is 21.6 Å². The molecule has 0 spiro atoms. The summed E-state index contributed by atoms with van der Waals surface area (Å²) < 4.78 is 25.8. The summed E-state index contributed by atoms with van der Waals surface area (Å²) in [7, 11) is -3.76. The average molecular weight is 285 g/mol. The van der Waals surface area contributed by atoms with E-state index in [-0.39, 0.29) is 23.5 Å². The van der Waals surface area contributed by atoms with Crippen LogP contribution in [0.1, 0.15) is 23.7 Å². The average Bonchev–Trinajstić information content (AvgIpc) is 2.70. The van der Waals surface area contributed by atoms with Crippen LogP contribution in [0.15, 0.2) is 29.2 Å². The van der Waals surface area contributed by atoms with Crippen LogP contribution in [-0.2, 0) is 10.0 Å². The third-order valence-corrected chi connectivity index (χ3v) is 4.98. The van der Waals surface area contributed by atoms with E-state index in [1.807, 2.05) is 0 Å². The molecule has 1 aliphatic rings. The van der Waals surface area contributed by atoms with Gasteiger partial charge in [0.2, 0.25) is 10.0 Å². The van der Waals surface area contributed by atoms with Gasteiger partial charge in [0.25, 0.3) is 0 Å².